The molecule has 2 heterocycles. The lowest BCUT2D eigenvalue weighted by Crippen LogP contribution is -2.44. The number of rotatable bonds is 8. The highest BCUT2D eigenvalue weighted by Crippen LogP contribution is 2.21. The van der Waals surface area contributed by atoms with E-state index >= 15 is 0 Å². The molecule has 26 heavy (non-hydrogen) atoms. The Bertz CT molecular complexity index is 666. The topological polar surface area (TPSA) is 73.2 Å². The summed E-state index contributed by atoms with van der Waals surface area (Å²) >= 11 is 0. The fraction of sp³-hybridized carbons (Fsp3) is 0.421. The summed E-state index contributed by atoms with van der Waals surface area (Å²) in [5, 5.41) is 2.93. The number of morpholine rings is 1. The van der Waals surface area contributed by atoms with E-state index in [2.05, 4.69) is 10.2 Å². The average molecular weight is 360 g/mol. The van der Waals surface area contributed by atoms with Crippen molar-refractivity contribution in [3.63, 3.8) is 0 Å². The Morgan fingerprint density at radius 3 is 2.58 bits per heavy atom. The average Bonchev–Trinajstić information content (AvgIpc) is 3.22. The minimum atomic E-state index is -0.175. The first-order valence-electron chi connectivity index (χ1n) is 8.65. The molecular weight excluding hydrogens is 336 g/mol. The van der Waals surface area contributed by atoms with Crippen LogP contribution in [0.15, 0.2) is 47.1 Å². The van der Waals surface area contributed by atoms with Gasteiger partial charge in [0.25, 0.3) is 5.91 Å². The molecule has 140 valence electrons. The van der Waals surface area contributed by atoms with Gasteiger partial charge in [-0.15, -0.1) is 0 Å². The SMILES string of the molecule is COc1ccc(OCC(=O)NC[C@H](c2ccco2)N2CCOCC2)cc1. The van der Waals surface area contributed by atoms with E-state index in [0.29, 0.717) is 25.5 Å². The Balaban J connectivity index is 1.50. The summed E-state index contributed by atoms with van der Waals surface area (Å²) in [7, 11) is 1.60. The minimum absolute atomic E-state index is 0.0150. The Hall–Kier alpha value is -2.51. The largest absolute Gasteiger partial charge is 0.497 e. The van der Waals surface area contributed by atoms with Crippen LogP contribution in [0.3, 0.4) is 0 Å². The molecule has 7 nitrogen and oxygen atoms in total. The molecule has 0 radical (unpaired) electrons. The summed E-state index contributed by atoms with van der Waals surface area (Å²) in [6.07, 6.45) is 1.65. The predicted molar refractivity (Wildman–Crippen MR) is 95.3 cm³/mol. The molecule has 3 rings (SSSR count). The number of benzene rings is 1. The Kier molecular flexibility index (Phi) is 6.51. The number of carbonyl (C=O) groups is 1. The monoisotopic (exact) mass is 360 g/mol. The number of carbonyl (C=O) groups excluding carboxylic acids is 1. The molecule has 0 bridgehead atoms. The lowest BCUT2D eigenvalue weighted by atomic mass is 10.1. The van der Waals surface area contributed by atoms with Gasteiger partial charge in [0.05, 0.1) is 32.6 Å². The number of furan rings is 1. The number of methoxy groups -OCH3 is 1. The molecule has 0 aliphatic carbocycles. The molecule has 1 aromatic heterocycles. The fourth-order valence-electron chi connectivity index (χ4n) is 2.86. The zero-order valence-corrected chi connectivity index (χ0v) is 14.8. The van der Waals surface area contributed by atoms with Crippen molar-refractivity contribution in [1.82, 2.24) is 10.2 Å². The van der Waals surface area contributed by atoms with Crippen molar-refractivity contribution < 1.29 is 23.4 Å². The van der Waals surface area contributed by atoms with Gasteiger partial charge in [-0.2, -0.15) is 0 Å². The molecule has 0 saturated carbocycles. The second kappa shape index (κ2) is 9.26. The van der Waals surface area contributed by atoms with Crippen molar-refractivity contribution in [3.8, 4) is 11.5 Å². The summed E-state index contributed by atoms with van der Waals surface area (Å²) < 4.78 is 21.6. The van der Waals surface area contributed by atoms with Crippen LogP contribution in [0.1, 0.15) is 11.8 Å². The van der Waals surface area contributed by atoms with E-state index in [1.807, 2.05) is 12.1 Å². The lowest BCUT2D eigenvalue weighted by molar-refractivity contribution is -0.123. The first-order chi connectivity index (χ1) is 12.8. The second-order valence-corrected chi connectivity index (χ2v) is 5.95. The van der Waals surface area contributed by atoms with Crippen LogP contribution in [-0.4, -0.2) is 57.4 Å². The zero-order valence-electron chi connectivity index (χ0n) is 14.8. The maximum atomic E-state index is 12.2. The van der Waals surface area contributed by atoms with E-state index in [4.69, 9.17) is 18.6 Å². The van der Waals surface area contributed by atoms with Gasteiger partial charge < -0.3 is 23.9 Å². The number of hydrogen-bond acceptors (Lipinski definition) is 6. The first-order valence-corrected chi connectivity index (χ1v) is 8.65. The van der Waals surface area contributed by atoms with E-state index in [9.17, 15) is 4.79 Å². The normalized spacial score (nSPS) is 16.0. The Morgan fingerprint density at radius 1 is 1.19 bits per heavy atom. The second-order valence-electron chi connectivity index (χ2n) is 5.95. The summed E-state index contributed by atoms with van der Waals surface area (Å²) in [5.74, 6) is 2.03. The van der Waals surface area contributed by atoms with Crippen molar-refractivity contribution in [2.75, 3.05) is 46.6 Å². The van der Waals surface area contributed by atoms with Crippen molar-refractivity contribution >= 4 is 5.91 Å². The maximum Gasteiger partial charge on any atom is 0.258 e. The highest BCUT2D eigenvalue weighted by atomic mass is 16.5. The fourth-order valence-corrected chi connectivity index (χ4v) is 2.86. The van der Waals surface area contributed by atoms with Crippen LogP contribution in [0.25, 0.3) is 0 Å². The van der Waals surface area contributed by atoms with Gasteiger partial charge in [-0.3, -0.25) is 9.69 Å². The van der Waals surface area contributed by atoms with Crippen molar-refractivity contribution in [1.29, 1.82) is 0 Å². The molecule has 1 saturated heterocycles. The third kappa shape index (κ3) is 5.00. The molecule has 0 spiro atoms. The molecule has 7 heteroatoms. The smallest absolute Gasteiger partial charge is 0.258 e. The van der Waals surface area contributed by atoms with E-state index in [-0.39, 0.29) is 18.6 Å². The molecule has 1 amide bonds. The molecule has 0 unspecified atom stereocenters. The van der Waals surface area contributed by atoms with Crippen LogP contribution in [0.2, 0.25) is 0 Å². The van der Waals surface area contributed by atoms with Gasteiger partial charge in [0.2, 0.25) is 0 Å². The van der Waals surface area contributed by atoms with Crippen LogP contribution in [0.5, 0.6) is 11.5 Å². The zero-order chi connectivity index (χ0) is 18.2. The molecule has 1 N–H and O–H groups in total. The third-order valence-electron chi connectivity index (χ3n) is 4.28. The van der Waals surface area contributed by atoms with Gasteiger partial charge in [0.15, 0.2) is 6.61 Å². The molecule has 1 atom stereocenters. The van der Waals surface area contributed by atoms with E-state index in [1.165, 1.54) is 0 Å². The molecule has 1 aliphatic heterocycles. The summed E-state index contributed by atoms with van der Waals surface area (Å²) in [4.78, 5) is 14.4. The standard InChI is InChI=1S/C19H24N2O5/c1-23-15-4-6-16(7-5-15)26-14-19(22)20-13-17(18-3-2-10-25-18)21-8-11-24-12-9-21/h2-7,10,17H,8-9,11-14H2,1H3,(H,20,22)/t17-/m1/s1. The van der Waals surface area contributed by atoms with Gasteiger partial charge in [-0.05, 0) is 36.4 Å². The van der Waals surface area contributed by atoms with Gasteiger partial charge in [-0.1, -0.05) is 0 Å². The highest BCUT2D eigenvalue weighted by Gasteiger charge is 2.25. The van der Waals surface area contributed by atoms with E-state index < -0.39 is 0 Å². The van der Waals surface area contributed by atoms with Crippen molar-refractivity contribution in [3.05, 3.63) is 48.4 Å². The predicted octanol–water partition coefficient (Wildman–Crippen LogP) is 1.86. The third-order valence-corrected chi connectivity index (χ3v) is 4.28. The quantitative estimate of drug-likeness (QED) is 0.775. The van der Waals surface area contributed by atoms with E-state index in [0.717, 1.165) is 24.6 Å². The highest BCUT2D eigenvalue weighted by molar-refractivity contribution is 5.77. The molecule has 1 aliphatic rings. The lowest BCUT2D eigenvalue weighted by Gasteiger charge is -2.33. The van der Waals surface area contributed by atoms with Crippen molar-refractivity contribution in [2.24, 2.45) is 0 Å². The number of hydrogen-bond donors (Lipinski definition) is 1. The molecular formula is C19H24N2O5. The van der Waals surface area contributed by atoms with Crippen LogP contribution < -0.4 is 14.8 Å². The van der Waals surface area contributed by atoms with Gasteiger partial charge >= 0.3 is 0 Å². The number of nitrogens with zero attached hydrogens (tertiary/aromatic N) is 1. The van der Waals surface area contributed by atoms with Gasteiger partial charge in [0, 0.05) is 19.6 Å². The number of ether oxygens (including phenoxy) is 3. The first kappa shape index (κ1) is 18.3. The van der Waals surface area contributed by atoms with Crippen LogP contribution in [0.4, 0.5) is 0 Å². The van der Waals surface area contributed by atoms with Crippen LogP contribution >= 0.6 is 0 Å². The van der Waals surface area contributed by atoms with Gasteiger partial charge in [-0.25, -0.2) is 0 Å². The van der Waals surface area contributed by atoms with Gasteiger partial charge in [0.1, 0.15) is 17.3 Å². The van der Waals surface area contributed by atoms with E-state index in [1.54, 1.807) is 37.6 Å². The number of amides is 1. The molecule has 2 aromatic rings. The van der Waals surface area contributed by atoms with Crippen molar-refractivity contribution in [2.45, 2.75) is 6.04 Å². The van der Waals surface area contributed by atoms with Crippen LogP contribution in [-0.2, 0) is 9.53 Å². The maximum absolute atomic E-state index is 12.2. The summed E-state index contributed by atoms with van der Waals surface area (Å²) in [5.41, 5.74) is 0. The van der Waals surface area contributed by atoms with Crippen LogP contribution in [0, 0.1) is 0 Å². The molecule has 1 aromatic carbocycles. The summed E-state index contributed by atoms with van der Waals surface area (Å²) in [6.45, 7) is 3.41. The number of nitrogens with one attached hydrogen (secondary N) is 1. The minimum Gasteiger partial charge on any atom is -0.497 e. The Morgan fingerprint density at radius 2 is 1.92 bits per heavy atom. The summed E-state index contributed by atoms with van der Waals surface area (Å²) in [6, 6.07) is 10.9. The Labute approximate surface area is 152 Å². The molecule has 1 fully saturated rings.